The molecule has 6 heteroatoms. The average molecular weight is 469 g/mol. The SMILES string of the molecule is CC(=O)OC1CC2C(C)(C)C(=O)C=C[C@]2(C)C2CCC3(C)C(c4ccoc4)[C@@H](O)[C@H]4O[C@]43[C@]12C. The second kappa shape index (κ2) is 6.44. The molecule has 1 saturated heterocycles. The van der Waals surface area contributed by atoms with Crippen LogP contribution in [0.25, 0.3) is 0 Å². The zero-order valence-corrected chi connectivity index (χ0v) is 21.0. The monoisotopic (exact) mass is 468 g/mol. The summed E-state index contributed by atoms with van der Waals surface area (Å²) < 4.78 is 18.2. The van der Waals surface area contributed by atoms with E-state index in [0.29, 0.717) is 6.42 Å². The van der Waals surface area contributed by atoms with Gasteiger partial charge in [0.15, 0.2) is 5.78 Å². The molecule has 0 amide bonds. The number of aliphatic hydroxyl groups excluding tert-OH is 1. The molecule has 0 bridgehead atoms. The van der Waals surface area contributed by atoms with Crippen LogP contribution in [0.1, 0.15) is 72.3 Å². The number of fused-ring (bicyclic) bond motifs is 3. The van der Waals surface area contributed by atoms with Gasteiger partial charge in [-0.05, 0) is 54.2 Å². The molecule has 0 aromatic carbocycles. The highest BCUT2D eigenvalue weighted by atomic mass is 16.6. The number of epoxide rings is 1. The van der Waals surface area contributed by atoms with Crippen LogP contribution in [0, 0.1) is 33.5 Å². The molecule has 184 valence electrons. The van der Waals surface area contributed by atoms with Crippen molar-refractivity contribution in [1.82, 2.24) is 0 Å². The van der Waals surface area contributed by atoms with Crippen molar-refractivity contribution in [1.29, 1.82) is 0 Å². The fourth-order valence-electron chi connectivity index (χ4n) is 9.82. The van der Waals surface area contributed by atoms with Crippen molar-refractivity contribution >= 4 is 11.8 Å². The van der Waals surface area contributed by atoms with E-state index in [1.54, 1.807) is 18.6 Å². The fourth-order valence-corrected chi connectivity index (χ4v) is 9.82. The molecular weight excluding hydrogens is 432 g/mol. The molecule has 6 nitrogen and oxygen atoms in total. The van der Waals surface area contributed by atoms with Crippen LogP contribution in [0.4, 0.5) is 0 Å². The van der Waals surface area contributed by atoms with Gasteiger partial charge in [0, 0.05) is 29.1 Å². The number of carbonyl (C=O) groups is 2. The Morgan fingerprint density at radius 3 is 2.56 bits per heavy atom. The molecule has 3 saturated carbocycles. The third-order valence-corrected chi connectivity index (χ3v) is 11.3. The summed E-state index contributed by atoms with van der Waals surface area (Å²) in [5.74, 6) is -0.0918. The van der Waals surface area contributed by atoms with Gasteiger partial charge in [0.25, 0.3) is 0 Å². The first kappa shape index (κ1) is 22.5. The largest absolute Gasteiger partial charge is 0.472 e. The summed E-state index contributed by atoms with van der Waals surface area (Å²) in [6.45, 7) is 12.3. The van der Waals surface area contributed by atoms with Gasteiger partial charge in [-0.1, -0.05) is 40.7 Å². The van der Waals surface area contributed by atoms with Crippen molar-refractivity contribution in [3.63, 3.8) is 0 Å². The molecule has 1 aromatic rings. The van der Waals surface area contributed by atoms with Crippen molar-refractivity contribution in [3.05, 3.63) is 36.3 Å². The standard InChI is InChI=1S/C28H36O6/c1-15(29)33-20-13-18-24(2,3)19(30)8-10-25(18,4)17-7-11-26(5)21(16-9-12-32-14-16)22(31)23-28(26,34-23)27(17,20)6/h8-10,12,14,17-18,20-23,31H,7,11,13H2,1-6H3/t17?,18?,20?,21?,22-,23-,25-,26?,27+,28-/m1/s1. The maximum absolute atomic E-state index is 12.9. The van der Waals surface area contributed by atoms with E-state index in [0.717, 1.165) is 18.4 Å². The normalized spacial score (nSPS) is 52.3. The summed E-state index contributed by atoms with van der Waals surface area (Å²) in [5.41, 5.74) is -1.24. The van der Waals surface area contributed by atoms with E-state index in [9.17, 15) is 14.7 Å². The Balaban J connectivity index is 1.54. The van der Waals surface area contributed by atoms with Crippen LogP contribution < -0.4 is 0 Å². The van der Waals surface area contributed by atoms with Crippen molar-refractivity contribution in [3.8, 4) is 0 Å². The highest BCUT2D eigenvalue weighted by molar-refractivity contribution is 5.95. The Labute approximate surface area is 201 Å². The summed E-state index contributed by atoms with van der Waals surface area (Å²) in [4.78, 5) is 25.3. The van der Waals surface area contributed by atoms with E-state index in [-0.39, 0.29) is 46.4 Å². The lowest BCUT2D eigenvalue weighted by Gasteiger charge is -2.67. The minimum atomic E-state index is -0.651. The van der Waals surface area contributed by atoms with Gasteiger partial charge in [-0.2, -0.15) is 0 Å². The minimum Gasteiger partial charge on any atom is -0.472 e. The highest BCUT2D eigenvalue weighted by Gasteiger charge is 2.89. The van der Waals surface area contributed by atoms with Gasteiger partial charge in [-0.15, -0.1) is 0 Å². The Kier molecular flexibility index (Phi) is 4.27. The lowest BCUT2D eigenvalue weighted by Crippen LogP contribution is -2.70. The topological polar surface area (TPSA) is 89.3 Å². The molecule has 4 fully saturated rings. The Morgan fingerprint density at radius 2 is 1.91 bits per heavy atom. The van der Waals surface area contributed by atoms with Crippen LogP contribution >= 0.6 is 0 Å². The van der Waals surface area contributed by atoms with E-state index in [1.807, 2.05) is 19.9 Å². The lowest BCUT2D eigenvalue weighted by atomic mass is 9.36. The second-order valence-electron chi connectivity index (χ2n) is 12.8. The summed E-state index contributed by atoms with van der Waals surface area (Å²) in [7, 11) is 0. The molecule has 5 aliphatic rings. The predicted molar refractivity (Wildman–Crippen MR) is 124 cm³/mol. The molecule has 0 radical (unpaired) electrons. The molecule has 34 heavy (non-hydrogen) atoms. The highest BCUT2D eigenvalue weighted by Crippen LogP contribution is 2.82. The molecule has 1 aliphatic heterocycles. The molecule has 4 aliphatic carbocycles. The first-order chi connectivity index (χ1) is 15.9. The van der Waals surface area contributed by atoms with Crippen molar-refractivity contribution < 1.29 is 28.6 Å². The number of ether oxygens (including phenoxy) is 2. The Bertz CT molecular complexity index is 1090. The Hall–Kier alpha value is -1.92. The predicted octanol–water partition coefficient (Wildman–Crippen LogP) is 4.42. The molecule has 1 N–H and O–H groups in total. The van der Waals surface area contributed by atoms with Crippen LogP contribution in [0.5, 0.6) is 0 Å². The third-order valence-electron chi connectivity index (χ3n) is 11.3. The first-order valence-electron chi connectivity index (χ1n) is 12.6. The fraction of sp³-hybridized carbons (Fsp3) is 0.714. The molecule has 10 atom stereocenters. The molecule has 1 aromatic heterocycles. The number of esters is 1. The number of ketones is 1. The van der Waals surface area contributed by atoms with E-state index >= 15 is 0 Å². The number of aliphatic hydroxyl groups is 1. The maximum atomic E-state index is 12.9. The van der Waals surface area contributed by atoms with Gasteiger partial charge in [-0.3, -0.25) is 9.59 Å². The summed E-state index contributed by atoms with van der Waals surface area (Å²) >= 11 is 0. The van der Waals surface area contributed by atoms with Crippen LogP contribution in [0.15, 0.2) is 35.2 Å². The van der Waals surface area contributed by atoms with E-state index in [1.165, 1.54) is 6.92 Å². The summed E-state index contributed by atoms with van der Waals surface area (Å²) in [6, 6.07) is 1.95. The van der Waals surface area contributed by atoms with Gasteiger partial charge in [0.1, 0.15) is 17.8 Å². The van der Waals surface area contributed by atoms with Gasteiger partial charge < -0.3 is 19.0 Å². The van der Waals surface area contributed by atoms with Gasteiger partial charge in [-0.25, -0.2) is 0 Å². The second-order valence-corrected chi connectivity index (χ2v) is 12.8. The average Bonchev–Trinajstić information content (AvgIpc) is 3.24. The molecule has 2 heterocycles. The van der Waals surface area contributed by atoms with Crippen LogP contribution in [0.2, 0.25) is 0 Å². The zero-order valence-electron chi connectivity index (χ0n) is 21.0. The number of hydrogen-bond donors (Lipinski definition) is 1. The van der Waals surface area contributed by atoms with Gasteiger partial charge >= 0.3 is 5.97 Å². The number of allylic oxidation sites excluding steroid dienone is 2. The van der Waals surface area contributed by atoms with Crippen LogP contribution in [0.3, 0.4) is 0 Å². The molecule has 1 spiro atoms. The van der Waals surface area contributed by atoms with Crippen molar-refractivity contribution in [2.45, 2.75) is 90.6 Å². The summed E-state index contributed by atoms with van der Waals surface area (Å²) in [6.07, 6.45) is 8.35. The van der Waals surface area contributed by atoms with Crippen molar-refractivity contribution in [2.24, 2.45) is 33.5 Å². The van der Waals surface area contributed by atoms with E-state index < -0.39 is 28.6 Å². The van der Waals surface area contributed by atoms with Gasteiger partial charge in [0.05, 0.1) is 18.6 Å². The van der Waals surface area contributed by atoms with Gasteiger partial charge in [0.2, 0.25) is 0 Å². The molecular formula is C28H36O6. The number of furan rings is 1. The van der Waals surface area contributed by atoms with Crippen molar-refractivity contribution in [2.75, 3.05) is 0 Å². The zero-order chi connectivity index (χ0) is 24.5. The minimum absolute atomic E-state index is 0.0499. The third kappa shape index (κ3) is 2.26. The maximum Gasteiger partial charge on any atom is 0.302 e. The quantitative estimate of drug-likeness (QED) is 0.511. The lowest BCUT2D eigenvalue weighted by molar-refractivity contribution is -0.233. The first-order valence-corrected chi connectivity index (χ1v) is 12.6. The van der Waals surface area contributed by atoms with E-state index in [2.05, 4.69) is 26.8 Å². The number of carbonyl (C=O) groups excluding carboxylic acids is 2. The molecule has 6 rings (SSSR count). The summed E-state index contributed by atoms with van der Waals surface area (Å²) in [5, 5.41) is 11.5. The molecule has 5 unspecified atom stereocenters. The Morgan fingerprint density at radius 1 is 1.18 bits per heavy atom. The van der Waals surface area contributed by atoms with E-state index in [4.69, 9.17) is 13.9 Å². The number of rotatable bonds is 2. The van der Waals surface area contributed by atoms with Crippen LogP contribution in [-0.4, -0.2) is 40.8 Å². The number of hydrogen-bond acceptors (Lipinski definition) is 6. The van der Waals surface area contributed by atoms with Crippen LogP contribution in [-0.2, 0) is 19.1 Å². The smallest absolute Gasteiger partial charge is 0.302 e.